The average molecular weight is 270 g/mol. The number of hydrogen-bond donors (Lipinski definition) is 0. The summed E-state index contributed by atoms with van der Waals surface area (Å²) in [4.78, 5) is 11.2. The number of carbonyl (C=O) groups excluding carboxylic acids is 1. The van der Waals surface area contributed by atoms with Crippen LogP contribution in [0.1, 0.15) is 20.3 Å². The predicted octanol–water partition coefficient (Wildman–Crippen LogP) is -0.387. The first-order chi connectivity index (χ1) is 6.81. The van der Waals surface area contributed by atoms with E-state index in [1.165, 1.54) is 11.8 Å². The number of quaternary nitrogens is 1. The van der Waals surface area contributed by atoms with E-state index in [2.05, 4.69) is 35.0 Å². The quantitative estimate of drug-likeness (QED) is 0.486. The van der Waals surface area contributed by atoms with Gasteiger partial charge in [-0.05, 0) is 24.1 Å². The third kappa shape index (κ3) is 14.1. The molecule has 0 spiro atoms. The van der Waals surface area contributed by atoms with Gasteiger partial charge in [-0.15, -0.1) is 0 Å². The molecule has 3 nitrogen and oxygen atoms in total. The molecular weight excluding hydrogens is 246 g/mol. The molecule has 0 aromatic carbocycles. The summed E-state index contributed by atoms with van der Waals surface area (Å²) >= 11 is 1.29. The zero-order valence-corrected chi connectivity index (χ0v) is 12.5. The fraction of sp³-hybridized carbons (Fsp3) is 0.909. The van der Waals surface area contributed by atoms with Crippen molar-refractivity contribution in [3.05, 3.63) is 0 Å². The molecule has 0 N–H and O–H groups in total. The van der Waals surface area contributed by atoms with E-state index < -0.39 is 0 Å². The van der Waals surface area contributed by atoms with Gasteiger partial charge in [-0.2, -0.15) is 0 Å². The van der Waals surface area contributed by atoms with E-state index in [0.29, 0.717) is 12.5 Å². The highest BCUT2D eigenvalue weighted by atomic mass is 35.5. The number of hydrogen-bond acceptors (Lipinski definition) is 3. The van der Waals surface area contributed by atoms with E-state index in [9.17, 15) is 4.79 Å². The molecule has 0 rings (SSSR count). The molecule has 0 radical (unpaired) electrons. The average Bonchev–Trinajstić information content (AvgIpc) is 2.00. The molecule has 0 saturated heterocycles. The van der Waals surface area contributed by atoms with E-state index in [1.807, 2.05) is 0 Å². The molecule has 98 valence electrons. The van der Waals surface area contributed by atoms with Crippen LogP contribution in [0.5, 0.6) is 0 Å². The summed E-state index contributed by atoms with van der Waals surface area (Å²) in [5, 5.41) is -0.135. The molecule has 0 saturated carbocycles. The van der Waals surface area contributed by atoms with Gasteiger partial charge >= 0.3 is 5.30 Å². The van der Waals surface area contributed by atoms with Gasteiger partial charge in [0.15, 0.2) is 0 Å². The number of ether oxygens (including phenoxy) is 1. The van der Waals surface area contributed by atoms with E-state index in [1.54, 1.807) is 0 Å². The summed E-state index contributed by atoms with van der Waals surface area (Å²) in [6, 6.07) is 0. The third-order valence-electron chi connectivity index (χ3n) is 1.90. The predicted molar refractivity (Wildman–Crippen MR) is 66.2 cm³/mol. The monoisotopic (exact) mass is 269 g/mol. The van der Waals surface area contributed by atoms with Gasteiger partial charge < -0.3 is 21.6 Å². The van der Waals surface area contributed by atoms with Crippen molar-refractivity contribution in [2.75, 3.05) is 40.0 Å². The molecule has 0 bridgehead atoms. The van der Waals surface area contributed by atoms with Crippen LogP contribution in [0.3, 0.4) is 0 Å². The maximum Gasteiger partial charge on any atom is 0.367 e. The highest BCUT2D eigenvalue weighted by Gasteiger charge is 2.09. The van der Waals surface area contributed by atoms with Crippen LogP contribution in [0.2, 0.25) is 0 Å². The van der Waals surface area contributed by atoms with Gasteiger partial charge in [0.2, 0.25) is 0 Å². The van der Waals surface area contributed by atoms with E-state index in [-0.39, 0.29) is 17.7 Å². The summed E-state index contributed by atoms with van der Waals surface area (Å²) in [6.45, 7) is 5.68. The van der Waals surface area contributed by atoms with Gasteiger partial charge in [0.1, 0.15) is 13.2 Å². The molecule has 0 aliphatic heterocycles. The second-order valence-corrected chi connectivity index (χ2v) is 6.17. The number of nitrogens with zero attached hydrogens (tertiary/aromatic N) is 1. The van der Waals surface area contributed by atoms with Crippen molar-refractivity contribution in [3.8, 4) is 0 Å². The minimum atomic E-state index is -0.135. The van der Waals surface area contributed by atoms with Gasteiger partial charge in [-0.1, -0.05) is 13.8 Å². The SMILES string of the molecule is CC(C)CCSC(=O)OCC[N+](C)(C)C.[Cl-]. The normalized spacial score (nSPS) is 11.1. The van der Waals surface area contributed by atoms with Gasteiger partial charge in [0, 0.05) is 5.75 Å². The number of halogens is 1. The lowest BCUT2D eigenvalue weighted by atomic mass is 10.2. The van der Waals surface area contributed by atoms with Crippen molar-refractivity contribution in [1.29, 1.82) is 0 Å². The van der Waals surface area contributed by atoms with Crippen molar-refractivity contribution in [3.63, 3.8) is 0 Å². The molecule has 0 fully saturated rings. The molecule has 5 heteroatoms. The van der Waals surface area contributed by atoms with Crippen LogP contribution in [-0.2, 0) is 4.74 Å². The molecule has 0 amide bonds. The van der Waals surface area contributed by atoms with Crippen LogP contribution < -0.4 is 12.4 Å². The lowest BCUT2D eigenvalue weighted by molar-refractivity contribution is -0.870. The summed E-state index contributed by atoms with van der Waals surface area (Å²) in [6.07, 6.45) is 1.06. The number of thioether (sulfide) groups is 1. The first-order valence-electron chi connectivity index (χ1n) is 5.41. The minimum Gasteiger partial charge on any atom is -1.00 e. The second-order valence-electron chi connectivity index (χ2n) is 5.14. The van der Waals surface area contributed by atoms with Crippen molar-refractivity contribution in [2.24, 2.45) is 5.92 Å². The Morgan fingerprint density at radius 2 is 1.88 bits per heavy atom. The smallest absolute Gasteiger partial charge is 0.367 e. The maximum absolute atomic E-state index is 11.2. The van der Waals surface area contributed by atoms with Crippen molar-refractivity contribution in [1.82, 2.24) is 0 Å². The third-order valence-corrected chi connectivity index (χ3v) is 2.69. The Balaban J connectivity index is 0. The number of likely N-dealkylation sites (N-methyl/N-ethyl adjacent to an activating group) is 1. The molecule has 0 unspecified atom stereocenters. The first kappa shape index (κ1) is 18.4. The lowest BCUT2D eigenvalue weighted by Gasteiger charge is -2.23. The highest BCUT2D eigenvalue weighted by molar-refractivity contribution is 8.13. The van der Waals surface area contributed by atoms with Gasteiger partial charge in [0.25, 0.3) is 0 Å². The molecule has 0 aliphatic rings. The van der Waals surface area contributed by atoms with Crippen molar-refractivity contribution >= 4 is 17.1 Å². The standard InChI is InChI=1S/C11H24NO2S.ClH/c1-10(2)6-9-15-11(13)14-8-7-12(3,4)5;/h10H,6-9H2,1-5H3;1H/q+1;/p-1. The van der Waals surface area contributed by atoms with E-state index in [4.69, 9.17) is 4.74 Å². The van der Waals surface area contributed by atoms with Gasteiger partial charge in [0.05, 0.1) is 21.1 Å². The van der Waals surface area contributed by atoms with Crippen LogP contribution in [0.4, 0.5) is 4.79 Å². The zero-order chi connectivity index (χ0) is 11.9. The van der Waals surface area contributed by atoms with Crippen LogP contribution in [0.15, 0.2) is 0 Å². The zero-order valence-electron chi connectivity index (χ0n) is 11.0. The fourth-order valence-electron chi connectivity index (χ4n) is 0.822. The number of rotatable bonds is 6. The Labute approximate surface area is 110 Å². The molecule has 0 atom stereocenters. The lowest BCUT2D eigenvalue weighted by Crippen LogP contribution is -3.00. The Bertz CT molecular complexity index is 193. The molecule has 0 heterocycles. The first-order valence-corrected chi connectivity index (χ1v) is 6.40. The fourth-order valence-corrected chi connectivity index (χ4v) is 1.75. The summed E-state index contributed by atoms with van der Waals surface area (Å²) < 4.78 is 5.93. The largest absolute Gasteiger partial charge is 1.00 e. The highest BCUT2D eigenvalue weighted by Crippen LogP contribution is 2.11. The van der Waals surface area contributed by atoms with Crippen LogP contribution >= 0.6 is 11.8 Å². The maximum atomic E-state index is 11.2. The molecule has 0 aromatic rings. The Morgan fingerprint density at radius 1 is 1.31 bits per heavy atom. The Hall–Kier alpha value is 0.0700. The summed E-state index contributed by atoms with van der Waals surface area (Å²) in [5.74, 6) is 1.51. The van der Waals surface area contributed by atoms with Crippen LogP contribution in [-0.4, -0.2) is 49.8 Å². The summed E-state index contributed by atoms with van der Waals surface area (Å²) in [5.41, 5.74) is 0. The Kier molecular flexibility index (Phi) is 10.5. The van der Waals surface area contributed by atoms with E-state index >= 15 is 0 Å². The van der Waals surface area contributed by atoms with Crippen molar-refractivity contribution < 1.29 is 26.4 Å². The molecule has 0 aromatic heterocycles. The van der Waals surface area contributed by atoms with Gasteiger partial charge in [-0.3, -0.25) is 0 Å². The molecule has 16 heavy (non-hydrogen) atoms. The van der Waals surface area contributed by atoms with Crippen molar-refractivity contribution in [2.45, 2.75) is 20.3 Å². The van der Waals surface area contributed by atoms with Crippen LogP contribution in [0.25, 0.3) is 0 Å². The van der Waals surface area contributed by atoms with E-state index in [0.717, 1.165) is 23.2 Å². The topological polar surface area (TPSA) is 26.3 Å². The minimum absolute atomic E-state index is 0. The number of carbonyl (C=O) groups is 1. The van der Waals surface area contributed by atoms with Crippen LogP contribution in [0, 0.1) is 5.92 Å². The Morgan fingerprint density at radius 3 is 2.31 bits per heavy atom. The molecular formula is C11H24ClNO2S. The molecule has 0 aliphatic carbocycles. The second kappa shape index (κ2) is 9.14. The summed E-state index contributed by atoms with van der Waals surface area (Å²) in [7, 11) is 6.25. The van der Waals surface area contributed by atoms with Gasteiger partial charge in [-0.25, -0.2) is 4.79 Å².